The highest BCUT2D eigenvalue weighted by Gasteiger charge is 2.49. The van der Waals surface area contributed by atoms with Crippen molar-refractivity contribution in [2.45, 2.75) is 45.7 Å². The van der Waals surface area contributed by atoms with Crippen molar-refractivity contribution in [3.8, 4) is 0 Å². The van der Waals surface area contributed by atoms with Gasteiger partial charge in [0.25, 0.3) is 0 Å². The van der Waals surface area contributed by atoms with Crippen LogP contribution in [-0.4, -0.2) is 12.1 Å². The van der Waals surface area contributed by atoms with Crippen LogP contribution < -0.4 is 5.32 Å². The molecule has 11 heavy (non-hydrogen) atoms. The molecular formula is C10H19N. The fourth-order valence-corrected chi connectivity index (χ4v) is 2.82. The maximum absolute atomic E-state index is 3.59. The molecular weight excluding hydrogens is 134 g/mol. The van der Waals surface area contributed by atoms with Gasteiger partial charge in [-0.25, -0.2) is 0 Å². The van der Waals surface area contributed by atoms with Crippen molar-refractivity contribution >= 4 is 0 Å². The summed E-state index contributed by atoms with van der Waals surface area (Å²) in [4.78, 5) is 0. The molecule has 1 saturated heterocycles. The second-order valence-corrected chi connectivity index (χ2v) is 4.44. The van der Waals surface area contributed by atoms with Gasteiger partial charge in [-0.1, -0.05) is 27.2 Å². The lowest BCUT2D eigenvalue weighted by atomic mass is 9.73. The van der Waals surface area contributed by atoms with Gasteiger partial charge in [-0.15, -0.1) is 0 Å². The Balaban J connectivity index is 2.05. The van der Waals surface area contributed by atoms with Crippen LogP contribution in [0.15, 0.2) is 0 Å². The standard InChI is InChI=1S/C10H19N/c1-4-8-7(3)6(2)5-9-10(8)11-9/h6-11H,4-5H2,1-3H3. The van der Waals surface area contributed by atoms with E-state index in [1.807, 2.05) is 0 Å². The molecule has 0 spiro atoms. The van der Waals surface area contributed by atoms with Gasteiger partial charge in [-0.3, -0.25) is 0 Å². The Hall–Kier alpha value is -0.0400. The lowest BCUT2D eigenvalue weighted by Crippen LogP contribution is -2.30. The van der Waals surface area contributed by atoms with Gasteiger partial charge in [0, 0.05) is 12.1 Å². The van der Waals surface area contributed by atoms with Crippen molar-refractivity contribution < 1.29 is 0 Å². The van der Waals surface area contributed by atoms with Crippen LogP contribution in [0.5, 0.6) is 0 Å². The minimum atomic E-state index is 0.895. The summed E-state index contributed by atoms with van der Waals surface area (Å²) in [7, 11) is 0. The van der Waals surface area contributed by atoms with Gasteiger partial charge in [-0.2, -0.15) is 0 Å². The highest BCUT2D eigenvalue weighted by molar-refractivity contribution is 5.07. The molecule has 64 valence electrons. The Bertz CT molecular complexity index is 155. The molecule has 0 aromatic heterocycles. The first-order valence-corrected chi connectivity index (χ1v) is 5.00. The zero-order valence-corrected chi connectivity index (χ0v) is 7.80. The average Bonchev–Trinajstić information content (AvgIpc) is 2.69. The molecule has 0 bridgehead atoms. The van der Waals surface area contributed by atoms with Crippen molar-refractivity contribution in [1.29, 1.82) is 0 Å². The number of hydrogen-bond donors (Lipinski definition) is 1. The minimum absolute atomic E-state index is 0.895. The Morgan fingerprint density at radius 1 is 1.36 bits per heavy atom. The molecule has 5 atom stereocenters. The summed E-state index contributed by atoms with van der Waals surface area (Å²) in [6.07, 6.45) is 2.78. The maximum atomic E-state index is 3.59. The maximum Gasteiger partial charge on any atom is 0.0255 e. The monoisotopic (exact) mass is 153 g/mol. The van der Waals surface area contributed by atoms with E-state index >= 15 is 0 Å². The smallest absolute Gasteiger partial charge is 0.0255 e. The van der Waals surface area contributed by atoms with E-state index in [0.717, 1.165) is 29.8 Å². The van der Waals surface area contributed by atoms with Crippen LogP contribution >= 0.6 is 0 Å². The normalized spacial score (nSPS) is 55.4. The van der Waals surface area contributed by atoms with Crippen LogP contribution in [0.3, 0.4) is 0 Å². The first-order chi connectivity index (χ1) is 5.24. The van der Waals surface area contributed by atoms with Gasteiger partial charge in [0.1, 0.15) is 0 Å². The number of hydrogen-bond acceptors (Lipinski definition) is 1. The van der Waals surface area contributed by atoms with Gasteiger partial charge < -0.3 is 5.32 Å². The SMILES string of the molecule is CCC1C(C)C(C)CC2NC21. The topological polar surface area (TPSA) is 21.9 Å². The molecule has 2 rings (SSSR count). The third-order valence-electron chi connectivity index (χ3n) is 3.86. The van der Waals surface area contributed by atoms with Crippen molar-refractivity contribution in [2.75, 3.05) is 0 Å². The molecule has 2 fully saturated rings. The van der Waals surface area contributed by atoms with E-state index in [2.05, 4.69) is 26.1 Å². The lowest BCUT2D eigenvalue weighted by molar-refractivity contribution is 0.207. The fourth-order valence-electron chi connectivity index (χ4n) is 2.82. The third kappa shape index (κ3) is 1.10. The molecule has 5 unspecified atom stereocenters. The van der Waals surface area contributed by atoms with E-state index in [9.17, 15) is 0 Å². The van der Waals surface area contributed by atoms with Crippen molar-refractivity contribution in [2.24, 2.45) is 17.8 Å². The van der Waals surface area contributed by atoms with Crippen molar-refractivity contribution in [1.82, 2.24) is 5.32 Å². The van der Waals surface area contributed by atoms with Crippen molar-refractivity contribution in [3.63, 3.8) is 0 Å². The quantitative estimate of drug-likeness (QED) is 0.572. The van der Waals surface area contributed by atoms with E-state index in [1.165, 1.54) is 12.8 Å². The van der Waals surface area contributed by atoms with E-state index < -0.39 is 0 Å². The molecule has 2 aliphatic rings. The number of nitrogens with one attached hydrogen (secondary N) is 1. The van der Waals surface area contributed by atoms with Crippen LogP contribution in [-0.2, 0) is 0 Å². The second-order valence-electron chi connectivity index (χ2n) is 4.44. The Kier molecular flexibility index (Phi) is 1.71. The molecule has 0 amide bonds. The number of rotatable bonds is 1. The molecule has 0 aromatic carbocycles. The van der Waals surface area contributed by atoms with E-state index in [0.29, 0.717) is 0 Å². The van der Waals surface area contributed by atoms with Gasteiger partial charge in [-0.05, 0) is 24.2 Å². The summed E-state index contributed by atoms with van der Waals surface area (Å²) >= 11 is 0. The lowest BCUT2D eigenvalue weighted by Gasteiger charge is -2.31. The van der Waals surface area contributed by atoms with E-state index in [4.69, 9.17) is 0 Å². The highest BCUT2D eigenvalue weighted by atomic mass is 15.2. The van der Waals surface area contributed by atoms with Gasteiger partial charge in [0.05, 0.1) is 0 Å². The fraction of sp³-hybridized carbons (Fsp3) is 1.00. The van der Waals surface area contributed by atoms with E-state index in [-0.39, 0.29) is 0 Å². The van der Waals surface area contributed by atoms with Gasteiger partial charge in [0.2, 0.25) is 0 Å². The molecule has 1 saturated carbocycles. The van der Waals surface area contributed by atoms with Crippen LogP contribution in [0, 0.1) is 17.8 Å². The summed E-state index contributed by atoms with van der Waals surface area (Å²) in [5, 5.41) is 3.59. The first-order valence-electron chi connectivity index (χ1n) is 5.00. The third-order valence-corrected chi connectivity index (χ3v) is 3.86. The average molecular weight is 153 g/mol. The van der Waals surface area contributed by atoms with E-state index in [1.54, 1.807) is 0 Å². The minimum Gasteiger partial charge on any atom is -0.308 e. The Morgan fingerprint density at radius 2 is 2.09 bits per heavy atom. The zero-order chi connectivity index (χ0) is 8.01. The van der Waals surface area contributed by atoms with Crippen LogP contribution in [0.2, 0.25) is 0 Å². The summed E-state index contributed by atoms with van der Waals surface area (Å²) in [6.45, 7) is 7.16. The highest BCUT2D eigenvalue weighted by Crippen LogP contribution is 2.42. The van der Waals surface area contributed by atoms with Crippen molar-refractivity contribution in [3.05, 3.63) is 0 Å². The summed E-state index contributed by atoms with van der Waals surface area (Å²) in [5.74, 6) is 2.84. The van der Waals surface area contributed by atoms with Gasteiger partial charge in [0.15, 0.2) is 0 Å². The van der Waals surface area contributed by atoms with Gasteiger partial charge >= 0.3 is 0 Å². The van der Waals surface area contributed by atoms with Crippen LogP contribution in [0.1, 0.15) is 33.6 Å². The summed E-state index contributed by atoms with van der Waals surface area (Å²) < 4.78 is 0. The molecule has 1 aliphatic carbocycles. The Labute approximate surface area is 69.6 Å². The summed E-state index contributed by atoms with van der Waals surface area (Å²) in [6, 6.07) is 1.79. The number of fused-ring (bicyclic) bond motifs is 1. The molecule has 0 aromatic rings. The molecule has 1 heteroatoms. The zero-order valence-electron chi connectivity index (χ0n) is 7.80. The second kappa shape index (κ2) is 2.48. The predicted octanol–water partition coefficient (Wildman–Crippen LogP) is 2.03. The molecule has 1 nitrogen and oxygen atoms in total. The molecule has 1 N–H and O–H groups in total. The molecule has 1 heterocycles. The molecule has 1 aliphatic heterocycles. The molecule has 0 radical (unpaired) electrons. The summed E-state index contributed by atoms with van der Waals surface area (Å²) in [5.41, 5.74) is 0. The van der Waals surface area contributed by atoms with Crippen LogP contribution in [0.4, 0.5) is 0 Å². The predicted molar refractivity (Wildman–Crippen MR) is 47.4 cm³/mol. The van der Waals surface area contributed by atoms with Crippen LogP contribution in [0.25, 0.3) is 0 Å². The first kappa shape index (κ1) is 7.60. The Morgan fingerprint density at radius 3 is 2.73 bits per heavy atom. The largest absolute Gasteiger partial charge is 0.308 e.